The van der Waals surface area contributed by atoms with E-state index in [0.717, 1.165) is 29.0 Å². The summed E-state index contributed by atoms with van der Waals surface area (Å²) in [4.78, 5) is 11.7. The molecule has 0 bridgehead atoms. The number of benzene rings is 3. The van der Waals surface area contributed by atoms with Gasteiger partial charge in [0.25, 0.3) is 0 Å². The Morgan fingerprint density at radius 3 is 2.58 bits per heavy atom. The first-order chi connectivity index (χ1) is 15.2. The van der Waals surface area contributed by atoms with Gasteiger partial charge in [-0.25, -0.2) is 4.79 Å². The van der Waals surface area contributed by atoms with E-state index < -0.39 is 0 Å². The van der Waals surface area contributed by atoms with Crippen LogP contribution in [0.2, 0.25) is 0 Å². The van der Waals surface area contributed by atoms with Crippen LogP contribution in [-0.2, 0) is 9.53 Å². The fraction of sp³-hybridized carbons (Fsp3) is 0.321. The van der Waals surface area contributed by atoms with Crippen molar-refractivity contribution in [1.82, 2.24) is 0 Å². The highest BCUT2D eigenvalue weighted by Gasteiger charge is 2.16. The molecule has 0 spiro atoms. The van der Waals surface area contributed by atoms with Gasteiger partial charge in [0.2, 0.25) is 0 Å². The monoisotopic (exact) mass is 414 g/mol. The molecule has 0 aromatic heterocycles. The van der Waals surface area contributed by atoms with E-state index in [-0.39, 0.29) is 5.97 Å². The normalized spacial score (nSPS) is 14.7. The summed E-state index contributed by atoms with van der Waals surface area (Å²) in [5.74, 6) is 1.21. The molecule has 160 valence electrons. The van der Waals surface area contributed by atoms with Gasteiger partial charge in [-0.2, -0.15) is 0 Å². The van der Waals surface area contributed by atoms with Crippen LogP contribution in [-0.4, -0.2) is 19.2 Å². The molecule has 1 aliphatic rings. The van der Waals surface area contributed by atoms with Gasteiger partial charge < -0.3 is 9.47 Å². The average molecular weight is 415 g/mol. The van der Waals surface area contributed by atoms with Crippen LogP contribution in [0.25, 0.3) is 28.0 Å². The molecule has 3 aromatic rings. The largest absolute Gasteiger partial charge is 0.493 e. The van der Waals surface area contributed by atoms with Gasteiger partial charge >= 0.3 is 5.97 Å². The highest BCUT2D eigenvalue weighted by atomic mass is 16.5. The fourth-order valence-corrected chi connectivity index (χ4v) is 4.28. The van der Waals surface area contributed by atoms with Gasteiger partial charge in [0.1, 0.15) is 5.75 Å². The van der Waals surface area contributed by atoms with Crippen molar-refractivity contribution in [3.05, 3.63) is 72.3 Å². The van der Waals surface area contributed by atoms with Gasteiger partial charge in [-0.1, -0.05) is 61.7 Å². The summed E-state index contributed by atoms with van der Waals surface area (Å²) >= 11 is 0. The molecule has 1 aliphatic carbocycles. The molecule has 0 atom stereocenters. The fourth-order valence-electron chi connectivity index (χ4n) is 4.28. The maximum Gasteiger partial charge on any atom is 0.330 e. The molecule has 0 heterocycles. The second-order valence-electron chi connectivity index (χ2n) is 8.22. The van der Waals surface area contributed by atoms with Crippen molar-refractivity contribution in [2.24, 2.45) is 5.92 Å². The zero-order chi connectivity index (χ0) is 21.5. The number of esters is 1. The predicted octanol–water partition coefficient (Wildman–Crippen LogP) is 7.04. The first kappa shape index (κ1) is 21.2. The van der Waals surface area contributed by atoms with Crippen molar-refractivity contribution < 1.29 is 14.3 Å². The van der Waals surface area contributed by atoms with Gasteiger partial charge in [0.15, 0.2) is 0 Å². The Balaban J connectivity index is 1.65. The topological polar surface area (TPSA) is 35.5 Å². The molecule has 3 heteroatoms. The first-order valence-corrected chi connectivity index (χ1v) is 11.3. The molecule has 0 aliphatic heterocycles. The Morgan fingerprint density at radius 1 is 0.968 bits per heavy atom. The Kier molecular flexibility index (Phi) is 7.03. The summed E-state index contributed by atoms with van der Waals surface area (Å²) in [5.41, 5.74) is 3.11. The highest BCUT2D eigenvalue weighted by Crippen LogP contribution is 2.34. The molecule has 3 nitrogen and oxygen atoms in total. The van der Waals surface area contributed by atoms with Crippen LogP contribution < -0.4 is 4.74 Å². The standard InChI is InChI=1S/C28H30O3/c1-2-30-28(29)17-13-21-12-16-27(31-20-22-8-4-3-5-9-22)26(18-21)25-15-14-23-10-6-7-11-24(23)19-25/h6-7,10-19,22H,2-5,8-9,20H2,1H3/b17-13+. The summed E-state index contributed by atoms with van der Waals surface area (Å²) in [6.07, 6.45) is 9.75. The number of carbonyl (C=O) groups excluding carboxylic acids is 1. The van der Waals surface area contributed by atoms with Gasteiger partial charge in [-0.15, -0.1) is 0 Å². The predicted molar refractivity (Wildman–Crippen MR) is 127 cm³/mol. The van der Waals surface area contributed by atoms with E-state index >= 15 is 0 Å². The molecule has 0 amide bonds. The Hall–Kier alpha value is -3.07. The molecular weight excluding hydrogens is 384 g/mol. The third-order valence-electron chi connectivity index (χ3n) is 5.96. The summed E-state index contributed by atoms with van der Waals surface area (Å²) in [5, 5.41) is 2.42. The summed E-state index contributed by atoms with van der Waals surface area (Å²) in [6, 6.07) is 21.0. The van der Waals surface area contributed by atoms with E-state index in [1.807, 2.05) is 19.1 Å². The van der Waals surface area contributed by atoms with Gasteiger partial charge in [0.05, 0.1) is 13.2 Å². The maximum atomic E-state index is 11.7. The van der Waals surface area contributed by atoms with Crippen LogP contribution in [0.15, 0.2) is 66.7 Å². The molecule has 3 aromatic carbocycles. The van der Waals surface area contributed by atoms with Crippen LogP contribution >= 0.6 is 0 Å². The van der Waals surface area contributed by atoms with Gasteiger partial charge in [-0.3, -0.25) is 0 Å². The smallest absolute Gasteiger partial charge is 0.330 e. The van der Waals surface area contributed by atoms with Crippen LogP contribution in [0.3, 0.4) is 0 Å². The second kappa shape index (κ2) is 10.3. The van der Waals surface area contributed by atoms with Crippen molar-refractivity contribution in [3.63, 3.8) is 0 Å². The summed E-state index contributed by atoms with van der Waals surface area (Å²) < 4.78 is 11.4. The highest BCUT2D eigenvalue weighted by molar-refractivity contribution is 5.90. The molecule has 1 saturated carbocycles. The maximum absolute atomic E-state index is 11.7. The van der Waals surface area contributed by atoms with Gasteiger partial charge in [-0.05, 0) is 71.9 Å². The van der Waals surface area contributed by atoms with Crippen molar-refractivity contribution in [2.45, 2.75) is 39.0 Å². The lowest BCUT2D eigenvalue weighted by molar-refractivity contribution is -0.137. The van der Waals surface area contributed by atoms with Crippen LogP contribution in [0.1, 0.15) is 44.6 Å². The zero-order valence-corrected chi connectivity index (χ0v) is 18.2. The number of fused-ring (bicyclic) bond motifs is 1. The molecule has 1 fully saturated rings. The van der Waals surface area contributed by atoms with Crippen molar-refractivity contribution >= 4 is 22.8 Å². The van der Waals surface area contributed by atoms with E-state index in [1.54, 1.807) is 6.08 Å². The summed E-state index contributed by atoms with van der Waals surface area (Å²) in [6.45, 7) is 2.94. The molecule has 0 saturated heterocycles. The molecule has 31 heavy (non-hydrogen) atoms. The van der Waals surface area contributed by atoms with Crippen LogP contribution in [0.5, 0.6) is 5.75 Å². The minimum atomic E-state index is -0.326. The lowest BCUT2D eigenvalue weighted by atomic mass is 9.90. The Bertz CT molecular complexity index is 1060. The summed E-state index contributed by atoms with van der Waals surface area (Å²) in [7, 11) is 0. The number of rotatable bonds is 7. The van der Waals surface area contributed by atoms with E-state index in [1.165, 1.54) is 49.0 Å². The molecule has 0 N–H and O–H groups in total. The number of ether oxygens (including phenoxy) is 2. The molecular formula is C28H30O3. The number of hydrogen-bond acceptors (Lipinski definition) is 3. The zero-order valence-electron chi connectivity index (χ0n) is 18.2. The third-order valence-corrected chi connectivity index (χ3v) is 5.96. The van der Waals surface area contributed by atoms with Crippen molar-refractivity contribution in [2.75, 3.05) is 13.2 Å². The quantitative estimate of drug-likeness (QED) is 0.307. The first-order valence-electron chi connectivity index (χ1n) is 11.3. The minimum Gasteiger partial charge on any atom is -0.493 e. The van der Waals surface area contributed by atoms with E-state index in [4.69, 9.17) is 9.47 Å². The van der Waals surface area contributed by atoms with Crippen LogP contribution in [0, 0.1) is 5.92 Å². The second-order valence-corrected chi connectivity index (χ2v) is 8.22. The van der Waals surface area contributed by atoms with E-state index in [2.05, 4.69) is 48.5 Å². The Morgan fingerprint density at radius 2 is 1.77 bits per heavy atom. The lowest BCUT2D eigenvalue weighted by Crippen LogP contribution is -2.15. The molecule has 0 radical (unpaired) electrons. The Labute approximate surface area is 184 Å². The number of hydrogen-bond donors (Lipinski definition) is 0. The third kappa shape index (κ3) is 5.55. The molecule has 0 unspecified atom stereocenters. The van der Waals surface area contributed by atoms with Crippen molar-refractivity contribution in [1.29, 1.82) is 0 Å². The average Bonchev–Trinajstić information content (AvgIpc) is 2.82. The number of carbonyl (C=O) groups is 1. The SMILES string of the molecule is CCOC(=O)/C=C/c1ccc(OCC2CCCCC2)c(-c2ccc3ccccc3c2)c1. The lowest BCUT2D eigenvalue weighted by Gasteiger charge is -2.22. The van der Waals surface area contributed by atoms with Crippen molar-refractivity contribution in [3.8, 4) is 16.9 Å². The minimum absolute atomic E-state index is 0.326. The molecule has 4 rings (SSSR count). The van der Waals surface area contributed by atoms with E-state index in [0.29, 0.717) is 12.5 Å². The van der Waals surface area contributed by atoms with Crippen LogP contribution in [0.4, 0.5) is 0 Å². The van der Waals surface area contributed by atoms with Gasteiger partial charge in [0, 0.05) is 11.6 Å². The van der Waals surface area contributed by atoms with E-state index in [9.17, 15) is 4.79 Å².